The smallest absolute Gasteiger partial charge is 0.185 e. The third kappa shape index (κ3) is 5.69. The predicted molar refractivity (Wildman–Crippen MR) is 232 cm³/mol. The lowest BCUT2D eigenvalue weighted by Gasteiger charge is -2.42. The van der Waals surface area contributed by atoms with Crippen molar-refractivity contribution in [1.82, 2.24) is 0 Å². The van der Waals surface area contributed by atoms with E-state index in [1.54, 1.807) is 0 Å². The predicted octanol–water partition coefficient (Wildman–Crippen LogP) is 14.1. The minimum absolute atomic E-state index is 0.827. The molecule has 9 aromatic rings. The minimum Gasteiger partial charge on any atom is -0.472 e. The first kappa shape index (κ1) is 33.2. The van der Waals surface area contributed by atoms with Crippen LogP contribution in [0.4, 0.5) is 34.1 Å². The first-order chi connectivity index (χ1) is 27.8. The number of anilines is 6. The van der Waals surface area contributed by atoms with Crippen molar-refractivity contribution in [2.24, 2.45) is 0 Å². The Hall–Kier alpha value is -7.36. The largest absolute Gasteiger partial charge is 0.472 e. The summed E-state index contributed by atoms with van der Waals surface area (Å²) in [4.78, 5) is 4.63. The van der Waals surface area contributed by atoms with E-state index in [1.807, 2.05) is 0 Å². The van der Waals surface area contributed by atoms with Gasteiger partial charge in [0.2, 0.25) is 0 Å². The van der Waals surface area contributed by atoms with Crippen LogP contribution in [-0.2, 0) is 5.60 Å². The number of hydrogen-bond acceptors (Lipinski definition) is 3. The summed E-state index contributed by atoms with van der Waals surface area (Å²) >= 11 is 0. The van der Waals surface area contributed by atoms with Crippen LogP contribution in [0.5, 0.6) is 5.75 Å². The van der Waals surface area contributed by atoms with Gasteiger partial charge in [0.1, 0.15) is 5.75 Å². The molecule has 0 spiro atoms. The molecule has 0 radical (unpaired) electrons. The first-order valence-electron chi connectivity index (χ1n) is 19.1. The van der Waals surface area contributed by atoms with Gasteiger partial charge in [-0.05, 0) is 77.7 Å². The second kappa shape index (κ2) is 14.1. The van der Waals surface area contributed by atoms with Gasteiger partial charge in [-0.3, -0.25) is 0 Å². The van der Waals surface area contributed by atoms with Crippen molar-refractivity contribution in [3.05, 3.63) is 247 Å². The maximum atomic E-state index is 7.57. The number of ether oxygens (including phenoxy) is 1. The Morgan fingerprint density at radius 2 is 0.839 bits per heavy atom. The highest BCUT2D eigenvalue weighted by molar-refractivity contribution is 5.99. The van der Waals surface area contributed by atoms with E-state index in [2.05, 4.69) is 240 Å². The second-order valence-corrected chi connectivity index (χ2v) is 14.1. The van der Waals surface area contributed by atoms with E-state index >= 15 is 0 Å². The third-order valence-electron chi connectivity index (χ3n) is 10.8. The van der Waals surface area contributed by atoms with Gasteiger partial charge in [0.15, 0.2) is 5.60 Å². The van der Waals surface area contributed by atoms with Crippen molar-refractivity contribution < 1.29 is 4.74 Å². The molecule has 1 aliphatic rings. The van der Waals surface area contributed by atoms with E-state index in [-0.39, 0.29) is 0 Å². The number of benzene rings is 9. The molecule has 0 bridgehead atoms. The lowest BCUT2D eigenvalue weighted by molar-refractivity contribution is 0.152. The highest BCUT2D eigenvalue weighted by Gasteiger charge is 2.44. The summed E-state index contributed by atoms with van der Waals surface area (Å²) < 4.78 is 7.57. The monoisotopic (exact) mass is 718 g/mol. The summed E-state index contributed by atoms with van der Waals surface area (Å²) in [6.45, 7) is 0. The van der Waals surface area contributed by atoms with Crippen LogP contribution in [-0.4, -0.2) is 0 Å². The highest BCUT2D eigenvalue weighted by atomic mass is 16.5. The van der Waals surface area contributed by atoms with Crippen LogP contribution in [0.25, 0.3) is 21.9 Å². The molecule has 10 rings (SSSR count). The van der Waals surface area contributed by atoms with E-state index in [0.717, 1.165) is 67.7 Å². The molecule has 3 nitrogen and oxygen atoms in total. The third-order valence-corrected chi connectivity index (χ3v) is 10.8. The van der Waals surface area contributed by atoms with Gasteiger partial charge in [0.25, 0.3) is 0 Å². The fourth-order valence-corrected chi connectivity index (χ4v) is 8.32. The molecule has 0 N–H and O–H groups in total. The van der Waals surface area contributed by atoms with E-state index in [1.165, 1.54) is 10.8 Å². The van der Waals surface area contributed by atoms with Crippen LogP contribution >= 0.6 is 0 Å². The number of nitrogens with zero attached hydrogens (tertiary/aromatic N) is 2. The zero-order valence-corrected chi connectivity index (χ0v) is 30.7. The average molecular weight is 719 g/mol. The molecule has 3 heteroatoms. The molecular weight excluding hydrogens is 681 g/mol. The Labute approximate surface area is 328 Å². The summed E-state index contributed by atoms with van der Waals surface area (Å²) in [5.74, 6) is 0.827. The van der Waals surface area contributed by atoms with Crippen LogP contribution in [0.3, 0.4) is 0 Å². The van der Waals surface area contributed by atoms with Crippen LogP contribution in [0.1, 0.15) is 16.7 Å². The Kier molecular flexibility index (Phi) is 8.38. The first-order valence-corrected chi connectivity index (χ1v) is 19.1. The molecule has 1 unspecified atom stereocenters. The highest BCUT2D eigenvalue weighted by Crippen LogP contribution is 2.53. The topological polar surface area (TPSA) is 15.7 Å². The molecule has 1 heterocycles. The molecule has 56 heavy (non-hydrogen) atoms. The fourth-order valence-electron chi connectivity index (χ4n) is 8.32. The van der Waals surface area contributed by atoms with Crippen LogP contribution in [0, 0.1) is 0 Å². The van der Waals surface area contributed by atoms with Gasteiger partial charge in [-0.1, -0.05) is 158 Å². The van der Waals surface area contributed by atoms with E-state index < -0.39 is 5.60 Å². The van der Waals surface area contributed by atoms with E-state index in [0.29, 0.717) is 0 Å². The second-order valence-electron chi connectivity index (χ2n) is 14.1. The Morgan fingerprint density at radius 3 is 1.52 bits per heavy atom. The van der Waals surface area contributed by atoms with Crippen LogP contribution in [0.2, 0.25) is 0 Å². The minimum atomic E-state index is -0.927. The van der Waals surface area contributed by atoms with Crippen LogP contribution < -0.4 is 14.5 Å². The van der Waals surface area contributed by atoms with Crippen molar-refractivity contribution in [1.29, 1.82) is 0 Å². The summed E-state index contributed by atoms with van der Waals surface area (Å²) in [6, 6.07) is 81.7. The lowest BCUT2D eigenvalue weighted by Crippen LogP contribution is -2.38. The van der Waals surface area contributed by atoms with E-state index in [9.17, 15) is 0 Å². The molecule has 9 aromatic carbocycles. The molecule has 0 saturated carbocycles. The lowest BCUT2D eigenvalue weighted by atomic mass is 9.75. The molecule has 0 amide bonds. The Morgan fingerprint density at radius 1 is 0.339 bits per heavy atom. The Bertz CT molecular complexity index is 2720. The number of hydrogen-bond donors (Lipinski definition) is 0. The number of rotatable bonds is 8. The molecule has 266 valence electrons. The molecule has 1 aliphatic heterocycles. The summed E-state index contributed by atoms with van der Waals surface area (Å²) in [6.07, 6.45) is 0. The summed E-state index contributed by atoms with van der Waals surface area (Å²) in [5.41, 5.74) is 11.0. The molecule has 0 aliphatic carbocycles. The normalized spacial score (nSPS) is 14.3. The van der Waals surface area contributed by atoms with Gasteiger partial charge in [-0.25, -0.2) is 0 Å². The summed E-state index contributed by atoms with van der Waals surface area (Å²) in [7, 11) is 0. The maximum Gasteiger partial charge on any atom is 0.185 e. The number of fused-ring (bicyclic) bond motifs is 4. The quantitative estimate of drug-likeness (QED) is 0.156. The SMILES string of the molecule is c1ccc(N(c2ccccc2)c2ccc3c(c2)OC(c2ccccc2)(c2ccc(N(c4ccccc4)c4cccc5ccccc45)cc2)c2ccccc2-3)cc1. The number of para-hydroxylation sites is 3. The molecular formula is C53H38N2O. The van der Waals surface area contributed by atoms with E-state index in [4.69, 9.17) is 4.74 Å². The molecule has 0 saturated heterocycles. The van der Waals surface area contributed by atoms with Crippen molar-refractivity contribution in [2.45, 2.75) is 5.60 Å². The zero-order chi connectivity index (χ0) is 37.3. The van der Waals surface area contributed by atoms with Gasteiger partial charge < -0.3 is 14.5 Å². The fraction of sp³-hybridized carbons (Fsp3) is 0.0189. The van der Waals surface area contributed by atoms with Gasteiger partial charge in [0, 0.05) is 62.1 Å². The van der Waals surface area contributed by atoms with Crippen molar-refractivity contribution in [2.75, 3.05) is 9.80 Å². The molecule has 1 atom stereocenters. The van der Waals surface area contributed by atoms with Crippen molar-refractivity contribution >= 4 is 44.9 Å². The zero-order valence-electron chi connectivity index (χ0n) is 30.7. The van der Waals surface area contributed by atoms with Gasteiger partial charge in [0.05, 0.1) is 5.69 Å². The van der Waals surface area contributed by atoms with Crippen LogP contribution in [0.15, 0.2) is 231 Å². The van der Waals surface area contributed by atoms with Gasteiger partial charge >= 0.3 is 0 Å². The molecule has 0 fully saturated rings. The van der Waals surface area contributed by atoms with Crippen molar-refractivity contribution in [3.63, 3.8) is 0 Å². The van der Waals surface area contributed by atoms with Crippen molar-refractivity contribution in [3.8, 4) is 16.9 Å². The maximum absolute atomic E-state index is 7.57. The molecule has 0 aromatic heterocycles. The average Bonchev–Trinajstić information content (AvgIpc) is 3.28. The van der Waals surface area contributed by atoms with Gasteiger partial charge in [-0.15, -0.1) is 0 Å². The standard InChI is InChI=1S/C53H38N2O/c1-5-20-40(21-6-1)53(41-32-34-45(35-33-41)55(44-26-11-4-12-27-44)51-31-17-19-39-18-13-14-28-47(39)51)50-30-16-15-29-48(50)49-37-36-46(38-52(49)56-53)54(42-22-7-2-8-23-42)43-24-9-3-10-25-43/h1-38H. The summed E-state index contributed by atoms with van der Waals surface area (Å²) in [5, 5.41) is 2.40. The van der Waals surface area contributed by atoms with Gasteiger partial charge in [-0.2, -0.15) is 0 Å². The Balaban J connectivity index is 1.15.